The van der Waals surface area contributed by atoms with Gasteiger partial charge in [-0.1, -0.05) is 29.3 Å². The van der Waals surface area contributed by atoms with Crippen LogP contribution >= 0.6 is 23.2 Å². The fourth-order valence-electron chi connectivity index (χ4n) is 1.74. The average molecular weight is 358 g/mol. The number of nitrogens with one attached hydrogen (secondary N) is 2. The van der Waals surface area contributed by atoms with Crippen molar-refractivity contribution in [2.75, 3.05) is 5.32 Å². The predicted octanol–water partition coefficient (Wildman–Crippen LogP) is 2.13. The molecule has 1 heterocycles. The summed E-state index contributed by atoms with van der Waals surface area (Å²) in [6.07, 6.45) is -0.760. The summed E-state index contributed by atoms with van der Waals surface area (Å²) in [4.78, 5) is 34.9. The number of benzene rings is 1. The highest BCUT2D eigenvalue weighted by atomic mass is 35.5. The first-order chi connectivity index (χ1) is 10.9. The SMILES string of the molecule is C[C@@H](OC(=O)C1=NNC(=O)CC1)C(=O)Nc1cccc(Cl)c1Cl. The number of ether oxygens (including phenoxy) is 1. The van der Waals surface area contributed by atoms with Crippen LogP contribution in [0.3, 0.4) is 0 Å². The summed E-state index contributed by atoms with van der Waals surface area (Å²) >= 11 is 11.8. The minimum absolute atomic E-state index is 0.0602. The summed E-state index contributed by atoms with van der Waals surface area (Å²) in [5.74, 6) is -1.60. The minimum Gasteiger partial charge on any atom is -0.448 e. The second-order valence-electron chi connectivity index (χ2n) is 4.73. The molecule has 0 unspecified atom stereocenters. The lowest BCUT2D eigenvalue weighted by atomic mass is 10.2. The molecule has 1 aromatic carbocycles. The maximum atomic E-state index is 12.0. The molecule has 0 saturated heterocycles. The van der Waals surface area contributed by atoms with Gasteiger partial charge in [-0.2, -0.15) is 5.10 Å². The first kappa shape index (κ1) is 17.2. The van der Waals surface area contributed by atoms with E-state index in [4.69, 9.17) is 27.9 Å². The van der Waals surface area contributed by atoms with E-state index in [1.165, 1.54) is 6.92 Å². The summed E-state index contributed by atoms with van der Waals surface area (Å²) in [6, 6.07) is 4.78. The standard InChI is InChI=1S/C14H13Cl2N3O4/c1-7(23-14(22)10-5-6-11(20)19-18-10)13(21)17-9-4-2-3-8(15)12(9)16/h2-4,7H,5-6H2,1H3,(H,17,21)(H,19,20)/t7-/m1/s1. The minimum atomic E-state index is -1.07. The Labute approximate surface area is 142 Å². The molecule has 9 heteroatoms. The van der Waals surface area contributed by atoms with Crippen LogP contribution in [0.1, 0.15) is 19.8 Å². The Morgan fingerprint density at radius 1 is 1.35 bits per heavy atom. The zero-order valence-electron chi connectivity index (χ0n) is 12.1. The van der Waals surface area contributed by atoms with E-state index in [1.54, 1.807) is 18.2 Å². The highest BCUT2D eigenvalue weighted by Gasteiger charge is 2.24. The van der Waals surface area contributed by atoms with E-state index in [-0.39, 0.29) is 29.5 Å². The van der Waals surface area contributed by atoms with Crippen LogP contribution in [0, 0.1) is 0 Å². The number of carbonyl (C=O) groups excluding carboxylic acids is 3. The molecule has 2 rings (SSSR count). The van der Waals surface area contributed by atoms with Gasteiger partial charge in [-0.15, -0.1) is 0 Å². The van der Waals surface area contributed by atoms with E-state index in [0.29, 0.717) is 10.7 Å². The zero-order chi connectivity index (χ0) is 17.0. The molecule has 23 heavy (non-hydrogen) atoms. The van der Waals surface area contributed by atoms with E-state index in [1.807, 2.05) is 0 Å². The fourth-order valence-corrected chi connectivity index (χ4v) is 2.09. The summed E-state index contributed by atoms with van der Waals surface area (Å²) in [6.45, 7) is 1.41. The van der Waals surface area contributed by atoms with Crippen molar-refractivity contribution in [2.24, 2.45) is 5.10 Å². The number of nitrogens with zero attached hydrogens (tertiary/aromatic N) is 1. The number of carbonyl (C=O) groups is 3. The Bertz CT molecular complexity index is 691. The van der Waals surface area contributed by atoms with Gasteiger partial charge in [0.2, 0.25) is 5.91 Å². The van der Waals surface area contributed by atoms with Crippen LogP contribution in [0.5, 0.6) is 0 Å². The summed E-state index contributed by atoms with van der Waals surface area (Å²) in [7, 11) is 0. The number of amides is 2. The number of rotatable bonds is 4. The first-order valence-corrected chi connectivity index (χ1v) is 7.45. The topological polar surface area (TPSA) is 96.9 Å². The van der Waals surface area contributed by atoms with Crippen LogP contribution in [0.15, 0.2) is 23.3 Å². The van der Waals surface area contributed by atoms with Crippen LogP contribution < -0.4 is 10.7 Å². The van der Waals surface area contributed by atoms with E-state index < -0.39 is 18.0 Å². The van der Waals surface area contributed by atoms with Crippen molar-refractivity contribution in [1.29, 1.82) is 0 Å². The van der Waals surface area contributed by atoms with Crippen molar-refractivity contribution in [1.82, 2.24) is 5.43 Å². The van der Waals surface area contributed by atoms with Gasteiger partial charge in [0.25, 0.3) is 5.91 Å². The average Bonchev–Trinajstić information content (AvgIpc) is 2.52. The lowest BCUT2D eigenvalue weighted by Gasteiger charge is -2.16. The number of halogens is 2. The molecule has 0 radical (unpaired) electrons. The molecule has 0 aliphatic carbocycles. The monoisotopic (exact) mass is 357 g/mol. The molecule has 1 aliphatic heterocycles. The lowest BCUT2D eigenvalue weighted by molar-refractivity contribution is -0.146. The van der Waals surface area contributed by atoms with E-state index >= 15 is 0 Å². The zero-order valence-corrected chi connectivity index (χ0v) is 13.6. The van der Waals surface area contributed by atoms with Crippen molar-refractivity contribution in [2.45, 2.75) is 25.9 Å². The predicted molar refractivity (Wildman–Crippen MR) is 85.5 cm³/mol. The van der Waals surface area contributed by atoms with Crippen LogP contribution in [0.4, 0.5) is 5.69 Å². The smallest absolute Gasteiger partial charge is 0.355 e. The highest BCUT2D eigenvalue weighted by Crippen LogP contribution is 2.29. The maximum Gasteiger partial charge on any atom is 0.355 e. The highest BCUT2D eigenvalue weighted by molar-refractivity contribution is 6.44. The van der Waals surface area contributed by atoms with Gasteiger partial charge in [-0.25, -0.2) is 10.2 Å². The largest absolute Gasteiger partial charge is 0.448 e. The summed E-state index contributed by atoms with van der Waals surface area (Å²) in [5.41, 5.74) is 2.56. The van der Waals surface area contributed by atoms with Crippen LogP contribution in [-0.4, -0.2) is 29.6 Å². The van der Waals surface area contributed by atoms with Gasteiger partial charge in [-0.05, 0) is 19.1 Å². The molecule has 7 nitrogen and oxygen atoms in total. The Morgan fingerprint density at radius 2 is 2.09 bits per heavy atom. The number of esters is 1. The molecule has 1 atom stereocenters. The molecule has 1 aliphatic rings. The van der Waals surface area contributed by atoms with Crippen LogP contribution in [0.25, 0.3) is 0 Å². The Balaban J connectivity index is 1.96. The molecule has 0 saturated carbocycles. The van der Waals surface area contributed by atoms with Gasteiger partial charge in [-0.3, -0.25) is 9.59 Å². The second kappa shape index (κ2) is 7.43. The third-order valence-corrected chi connectivity index (χ3v) is 3.82. The molecule has 0 fully saturated rings. The van der Waals surface area contributed by atoms with Crippen molar-refractivity contribution in [3.63, 3.8) is 0 Å². The molecule has 0 spiro atoms. The molecular formula is C14H13Cl2N3O4. The van der Waals surface area contributed by atoms with Gasteiger partial charge in [0, 0.05) is 12.8 Å². The van der Waals surface area contributed by atoms with Crippen molar-refractivity contribution in [3.05, 3.63) is 28.2 Å². The molecule has 0 aromatic heterocycles. The van der Waals surface area contributed by atoms with Crippen LogP contribution in [-0.2, 0) is 19.1 Å². The maximum absolute atomic E-state index is 12.0. The summed E-state index contributed by atoms with van der Waals surface area (Å²) in [5, 5.41) is 6.62. The number of hydrogen-bond acceptors (Lipinski definition) is 5. The van der Waals surface area contributed by atoms with Gasteiger partial charge >= 0.3 is 5.97 Å². The van der Waals surface area contributed by atoms with Gasteiger partial charge in [0.05, 0.1) is 15.7 Å². The van der Waals surface area contributed by atoms with Crippen LogP contribution in [0.2, 0.25) is 10.0 Å². The molecule has 2 amide bonds. The van der Waals surface area contributed by atoms with E-state index in [0.717, 1.165) is 0 Å². The normalized spacial score (nSPS) is 15.3. The van der Waals surface area contributed by atoms with Gasteiger partial charge < -0.3 is 10.1 Å². The Kier molecular flexibility index (Phi) is 5.57. The molecule has 0 bridgehead atoms. The van der Waals surface area contributed by atoms with Crippen molar-refractivity contribution in [3.8, 4) is 0 Å². The van der Waals surface area contributed by atoms with Gasteiger partial charge in [0.15, 0.2) is 6.10 Å². The second-order valence-corrected chi connectivity index (χ2v) is 5.52. The lowest BCUT2D eigenvalue weighted by Crippen LogP contribution is -2.35. The Morgan fingerprint density at radius 3 is 2.74 bits per heavy atom. The number of hydrazone groups is 1. The fraction of sp³-hybridized carbons (Fsp3) is 0.286. The summed E-state index contributed by atoms with van der Waals surface area (Å²) < 4.78 is 5.02. The van der Waals surface area contributed by atoms with E-state index in [2.05, 4.69) is 15.8 Å². The molecular weight excluding hydrogens is 345 g/mol. The molecule has 1 aromatic rings. The molecule has 122 valence electrons. The number of anilines is 1. The number of hydrogen-bond donors (Lipinski definition) is 2. The van der Waals surface area contributed by atoms with Crippen molar-refractivity contribution >= 4 is 52.4 Å². The Hall–Kier alpha value is -2.12. The quantitative estimate of drug-likeness (QED) is 0.806. The molecule has 2 N–H and O–H groups in total. The first-order valence-electron chi connectivity index (χ1n) is 6.69. The third kappa shape index (κ3) is 4.43. The third-order valence-electron chi connectivity index (χ3n) is 3.00. The van der Waals surface area contributed by atoms with Gasteiger partial charge in [0.1, 0.15) is 5.71 Å². The van der Waals surface area contributed by atoms with Crippen molar-refractivity contribution < 1.29 is 19.1 Å². The van der Waals surface area contributed by atoms with E-state index in [9.17, 15) is 14.4 Å².